The highest BCUT2D eigenvalue weighted by atomic mass is 127. The summed E-state index contributed by atoms with van der Waals surface area (Å²) in [7, 11) is 1.75. The quantitative estimate of drug-likeness (QED) is 0.798. The molecule has 1 aromatic carbocycles. The summed E-state index contributed by atoms with van der Waals surface area (Å²) in [5.74, 6) is 0.748. The van der Waals surface area contributed by atoms with Crippen LogP contribution in [-0.2, 0) is 6.54 Å². The fourth-order valence-electron chi connectivity index (χ4n) is 2.01. The number of anilines is 1. The van der Waals surface area contributed by atoms with E-state index in [1.165, 1.54) is 0 Å². The highest BCUT2D eigenvalue weighted by Crippen LogP contribution is 2.19. The molecule has 1 heterocycles. The fourth-order valence-corrected chi connectivity index (χ4v) is 2.66. The van der Waals surface area contributed by atoms with Crippen LogP contribution in [0.4, 0.5) is 10.5 Å². The number of carbonyl (C=O) groups excluding carboxylic acids is 1. The van der Waals surface area contributed by atoms with Gasteiger partial charge in [-0.05, 0) is 67.1 Å². The number of hydrogen-bond acceptors (Lipinski definition) is 3. The Morgan fingerprint density at radius 3 is 2.67 bits per heavy atom. The van der Waals surface area contributed by atoms with Gasteiger partial charge in [0.1, 0.15) is 5.76 Å². The topological polar surface area (TPSA) is 58.4 Å². The molecule has 6 heteroatoms. The lowest BCUT2D eigenvalue weighted by molar-refractivity contribution is 0.220. The molecule has 2 aromatic rings. The first-order chi connectivity index (χ1) is 9.88. The number of nitrogens with one attached hydrogen (secondary N) is 1. The molecule has 0 bridgehead atoms. The zero-order valence-corrected chi connectivity index (χ0v) is 14.7. The zero-order chi connectivity index (χ0) is 15.6. The number of benzene rings is 1. The Labute approximate surface area is 137 Å². The molecule has 0 spiro atoms. The predicted octanol–water partition coefficient (Wildman–Crippen LogP) is 3.87. The molecule has 0 aliphatic carbocycles. The molecule has 1 N–H and O–H groups in total. The lowest BCUT2D eigenvalue weighted by atomic mass is 10.2. The van der Waals surface area contributed by atoms with Gasteiger partial charge in [0.2, 0.25) is 0 Å². The second kappa shape index (κ2) is 6.46. The largest absolute Gasteiger partial charge is 0.361 e. The van der Waals surface area contributed by atoms with Crippen molar-refractivity contribution in [3.8, 4) is 0 Å². The van der Waals surface area contributed by atoms with E-state index in [4.69, 9.17) is 4.52 Å². The smallest absolute Gasteiger partial charge is 0.321 e. The molecule has 0 atom stereocenters. The maximum atomic E-state index is 12.3. The number of carbonyl (C=O) groups is 1. The average molecular weight is 399 g/mol. The van der Waals surface area contributed by atoms with Crippen LogP contribution < -0.4 is 5.32 Å². The summed E-state index contributed by atoms with van der Waals surface area (Å²) in [4.78, 5) is 13.9. The van der Waals surface area contributed by atoms with Crippen LogP contribution in [0.3, 0.4) is 0 Å². The number of hydrogen-bond donors (Lipinski definition) is 1. The van der Waals surface area contributed by atoms with E-state index in [0.29, 0.717) is 6.54 Å². The van der Waals surface area contributed by atoms with Gasteiger partial charge in [0.05, 0.1) is 12.2 Å². The van der Waals surface area contributed by atoms with Crippen LogP contribution in [0.5, 0.6) is 0 Å². The summed E-state index contributed by atoms with van der Waals surface area (Å²) in [5.41, 5.74) is 3.64. The minimum Gasteiger partial charge on any atom is -0.361 e. The number of halogens is 1. The van der Waals surface area contributed by atoms with Crippen molar-refractivity contribution in [2.24, 2.45) is 0 Å². The third-order valence-corrected chi connectivity index (χ3v) is 4.02. The van der Waals surface area contributed by atoms with Gasteiger partial charge < -0.3 is 14.7 Å². The van der Waals surface area contributed by atoms with E-state index in [1.54, 1.807) is 11.9 Å². The SMILES string of the molecule is Cc1cc(I)ccc1NC(=O)N(C)Cc1c(C)noc1C. The number of aromatic nitrogens is 1. The zero-order valence-electron chi connectivity index (χ0n) is 12.5. The van der Waals surface area contributed by atoms with E-state index in [1.807, 2.05) is 39.0 Å². The van der Waals surface area contributed by atoms with Crippen LogP contribution >= 0.6 is 22.6 Å². The molecule has 0 unspecified atom stereocenters. The van der Waals surface area contributed by atoms with Crippen molar-refractivity contribution in [2.45, 2.75) is 27.3 Å². The van der Waals surface area contributed by atoms with Gasteiger partial charge in [0.15, 0.2) is 0 Å². The van der Waals surface area contributed by atoms with Crippen molar-refractivity contribution in [3.63, 3.8) is 0 Å². The van der Waals surface area contributed by atoms with Gasteiger partial charge in [-0.3, -0.25) is 0 Å². The molecule has 0 radical (unpaired) electrons. The standard InChI is InChI=1S/C15H18IN3O2/c1-9-7-12(16)5-6-14(9)17-15(20)19(4)8-13-10(2)18-21-11(13)3/h5-7H,8H2,1-4H3,(H,17,20). The molecular formula is C15H18IN3O2. The summed E-state index contributed by atoms with van der Waals surface area (Å²) in [5, 5.41) is 6.82. The van der Waals surface area contributed by atoms with E-state index < -0.39 is 0 Å². The first kappa shape index (κ1) is 15.8. The Bertz CT molecular complexity index is 647. The molecule has 0 saturated heterocycles. The van der Waals surface area contributed by atoms with Gasteiger partial charge >= 0.3 is 6.03 Å². The summed E-state index contributed by atoms with van der Waals surface area (Å²) >= 11 is 2.25. The van der Waals surface area contributed by atoms with Gasteiger partial charge in [0, 0.05) is 21.9 Å². The summed E-state index contributed by atoms with van der Waals surface area (Å²) in [6, 6.07) is 5.76. The lowest BCUT2D eigenvalue weighted by Gasteiger charge is -2.18. The normalized spacial score (nSPS) is 10.5. The second-order valence-corrected chi connectivity index (χ2v) is 6.29. The third kappa shape index (κ3) is 3.75. The maximum Gasteiger partial charge on any atom is 0.321 e. The Kier molecular flexibility index (Phi) is 4.87. The van der Waals surface area contributed by atoms with Crippen molar-refractivity contribution >= 4 is 34.3 Å². The van der Waals surface area contributed by atoms with Crippen LogP contribution in [0.25, 0.3) is 0 Å². The van der Waals surface area contributed by atoms with Crippen molar-refractivity contribution in [1.82, 2.24) is 10.1 Å². The second-order valence-electron chi connectivity index (χ2n) is 5.05. The van der Waals surface area contributed by atoms with Gasteiger partial charge in [0.25, 0.3) is 0 Å². The maximum absolute atomic E-state index is 12.3. The first-order valence-electron chi connectivity index (χ1n) is 6.58. The summed E-state index contributed by atoms with van der Waals surface area (Å²) < 4.78 is 6.26. The van der Waals surface area contributed by atoms with Crippen molar-refractivity contribution < 1.29 is 9.32 Å². The van der Waals surface area contributed by atoms with Crippen LogP contribution in [0.2, 0.25) is 0 Å². The van der Waals surface area contributed by atoms with Crippen LogP contribution in [0, 0.1) is 24.3 Å². The third-order valence-electron chi connectivity index (χ3n) is 3.35. The Balaban J connectivity index is 2.06. The van der Waals surface area contributed by atoms with E-state index in [2.05, 4.69) is 33.1 Å². The fraction of sp³-hybridized carbons (Fsp3) is 0.333. The molecule has 0 saturated carbocycles. The average Bonchev–Trinajstić information content (AvgIpc) is 2.73. The molecule has 0 aliphatic heterocycles. The van der Waals surface area contributed by atoms with E-state index >= 15 is 0 Å². The molecule has 2 amide bonds. The summed E-state index contributed by atoms with van der Waals surface area (Å²) in [6.45, 7) is 6.17. The molecule has 112 valence electrons. The Hall–Kier alpha value is -1.57. The van der Waals surface area contributed by atoms with Crippen molar-refractivity contribution in [3.05, 3.63) is 44.4 Å². The number of urea groups is 1. The molecule has 1 aromatic heterocycles. The van der Waals surface area contributed by atoms with E-state index in [9.17, 15) is 4.79 Å². The molecule has 0 fully saturated rings. The summed E-state index contributed by atoms with van der Waals surface area (Å²) in [6.07, 6.45) is 0. The van der Waals surface area contributed by atoms with Crippen LogP contribution in [0.15, 0.2) is 22.7 Å². The molecule has 5 nitrogen and oxygen atoms in total. The Morgan fingerprint density at radius 2 is 2.10 bits per heavy atom. The number of aryl methyl sites for hydroxylation is 3. The lowest BCUT2D eigenvalue weighted by Crippen LogP contribution is -2.31. The molecule has 0 aliphatic rings. The van der Waals surface area contributed by atoms with Crippen LogP contribution in [-0.4, -0.2) is 23.1 Å². The minimum atomic E-state index is -0.153. The molecule has 2 rings (SSSR count). The van der Waals surface area contributed by atoms with Gasteiger partial charge in [-0.25, -0.2) is 4.79 Å². The van der Waals surface area contributed by atoms with Gasteiger partial charge in [-0.1, -0.05) is 5.16 Å². The number of rotatable bonds is 3. The Morgan fingerprint density at radius 1 is 1.38 bits per heavy atom. The van der Waals surface area contributed by atoms with E-state index in [-0.39, 0.29) is 6.03 Å². The predicted molar refractivity (Wildman–Crippen MR) is 90.4 cm³/mol. The van der Waals surface area contributed by atoms with Gasteiger partial charge in [-0.2, -0.15) is 0 Å². The number of amides is 2. The first-order valence-corrected chi connectivity index (χ1v) is 7.66. The van der Waals surface area contributed by atoms with E-state index in [0.717, 1.165) is 31.8 Å². The van der Waals surface area contributed by atoms with Crippen LogP contribution in [0.1, 0.15) is 22.6 Å². The highest BCUT2D eigenvalue weighted by Gasteiger charge is 2.16. The highest BCUT2D eigenvalue weighted by molar-refractivity contribution is 14.1. The minimum absolute atomic E-state index is 0.153. The van der Waals surface area contributed by atoms with Crippen molar-refractivity contribution in [1.29, 1.82) is 0 Å². The molecule has 21 heavy (non-hydrogen) atoms. The van der Waals surface area contributed by atoms with Crippen molar-refractivity contribution in [2.75, 3.05) is 12.4 Å². The van der Waals surface area contributed by atoms with Gasteiger partial charge in [-0.15, -0.1) is 0 Å². The number of nitrogens with zero attached hydrogens (tertiary/aromatic N) is 2. The molecular weight excluding hydrogens is 381 g/mol. The monoisotopic (exact) mass is 399 g/mol.